The van der Waals surface area contributed by atoms with Crippen LogP contribution in [0.15, 0.2) is 30.6 Å². The van der Waals surface area contributed by atoms with Crippen LogP contribution in [0.5, 0.6) is 0 Å². The fourth-order valence-electron chi connectivity index (χ4n) is 3.24. The van der Waals surface area contributed by atoms with Crippen molar-refractivity contribution in [2.75, 3.05) is 45.2 Å². The Balaban J connectivity index is 1.46. The number of rotatable bonds is 6. The standard InChI is InChI=1S/C19H28N6O/c1-22(2)15-16-4-6-18(20-14-16)24-10-12-25(13-11-24)19(26)7-5-17-8-9-23(3)21-17/h4,6,8-9,14H,5,7,10-13,15H2,1-3H3. The average molecular weight is 356 g/mol. The Bertz CT molecular complexity index is 716. The lowest BCUT2D eigenvalue weighted by Crippen LogP contribution is -2.49. The van der Waals surface area contributed by atoms with E-state index in [0.29, 0.717) is 12.8 Å². The van der Waals surface area contributed by atoms with Crippen LogP contribution in [0.4, 0.5) is 5.82 Å². The molecule has 0 bridgehead atoms. The van der Waals surface area contributed by atoms with E-state index in [0.717, 1.165) is 44.2 Å². The van der Waals surface area contributed by atoms with E-state index in [1.165, 1.54) is 5.56 Å². The van der Waals surface area contributed by atoms with Crippen LogP contribution in [-0.2, 0) is 24.8 Å². The molecule has 26 heavy (non-hydrogen) atoms. The second kappa shape index (κ2) is 8.31. The number of nitrogens with zero attached hydrogens (tertiary/aromatic N) is 6. The third-order valence-corrected chi connectivity index (χ3v) is 4.63. The van der Waals surface area contributed by atoms with Gasteiger partial charge in [0, 0.05) is 65.0 Å². The van der Waals surface area contributed by atoms with Crippen LogP contribution in [0.25, 0.3) is 0 Å². The molecule has 1 amide bonds. The maximum Gasteiger partial charge on any atom is 0.223 e. The largest absolute Gasteiger partial charge is 0.353 e. The molecule has 0 spiro atoms. The molecule has 3 rings (SSSR count). The van der Waals surface area contributed by atoms with Gasteiger partial charge in [0.15, 0.2) is 0 Å². The number of hydrogen-bond acceptors (Lipinski definition) is 5. The van der Waals surface area contributed by atoms with E-state index in [9.17, 15) is 4.79 Å². The summed E-state index contributed by atoms with van der Waals surface area (Å²) in [4.78, 5) is 23.4. The second-order valence-electron chi connectivity index (χ2n) is 7.11. The van der Waals surface area contributed by atoms with Crippen molar-refractivity contribution in [1.29, 1.82) is 0 Å². The SMILES string of the molecule is CN(C)Cc1ccc(N2CCN(C(=O)CCc3ccn(C)n3)CC2)nc1. The fourth-order valence-corrected chi connectivity index (χ4v) is 3.24. The number of anilines is 1. The van der Waals surface area contributed by atoms with Crippen LogP contribution < -0.4 is 4.90 Å². The summed E-state index contributed by atoms with van der Waals surface area (Å²) in [6.07, 6.45) is 5.08. The number of amides is 1. The minimum absolute atomic E-state index is 0.213. The molecule has 3 heterocycles. The van der Waals surface area contributed by atoms with Gasteiger partial charge in [-0.15, -0.1) is 0 Å². The minimum Gasteiger partial charge on any atom is -0.353 e. The molecule has 0 aliphatic carbocycles. The topological polar surface area (TPSA) is 57.5 Å². The molecule has 0 radical (unpaired) electrons. The third-order valence-electron chi connectivity index (χ3n) is 4.63. The highest BCUT2D eigenvalue weighted by Crippen LogP contribution is 2.15. The highest BCUT2D eigenvalue weighted by molar-refractivity contribution is 5.76. The quantitative estimate of drug-likeness (QED) is 0.777. The first-order valence-electron chi connectivity index (χ1n) is 9.12. The van der Waals surface area contributed by atoms with Gasteiger partial charge in [0.1, 0.15) is 5.82 Å². The zero-order chi connectivity index (χ0) is 18.5. The zero-order valence-corrected chi connectivity index (χ0v) is 15.9. The molecule has 1 aliphatic heterocycles. The first-order chi connectivity index (χ1) is 12.5. The second-order valence-corrected chi connectivity index (χ2v) is 7.11. The summed E-state index contributed by atoms with van der Waals surface area (Å²) >= 11 is 0. The van der Waals surface area contributed by atoms with Crippen molar-refractivity contribution in [3.05, 3.63) is 41.9 Å². The van der Waals surface area contributed by atoms with Gasteiger partial charge in [-0.1, -0.05) is 6.07 Å². The Morgan fingerprint density at radius 2 is 1.92 bits per heavy atom. The molecule has 0 aromatic carbocycles. The molecule has 0 unspecified atom stereocenters. The zero-order valence-electron chi connectivity index (χ0n) is 15.9. The third kappa shape index (κ3) is 4.82. The number of carbonyl (C=O) groups excluding carboxylic acids is 1. The molecule has 0 atom stereocenters. The fraction of sp³-hybridized carbons (Fsp3) is 0.526. The predicted octanol–water partition coefficient (Wildman–Crippen LogP) is 1.16. The highest BCUT2D eigenvalue weighted by atomic mass is 16.2. The van der Waals surface area contributed by atoms with Gasteiger partial charge >= 0.3 is 0 Å². The van der Waals surface area contributed by atoms with Gasteiger partial charge < -0.3 is 14.7 Å². The van der Waals surface area contributed by atoms with Crippen LogP contribution >= 0.6 is 0 Å². The summed E-state index contributed by atoms with van der Waals surface area (Å²) in [5, 5.41) is 4.33. The predicted molar refractivity (Wildman–Crippen MR) is 102 cm³/mol. The van der Waals surface area contributed by atoms with E-state index < -0.39 is 0 Å². The van der Waals surface area contributed by atoms with Gasteiger partial charge in [-0.25, -0.2) is 4.98 Å². The van der Waals surface area contributed by atoms with E-state index in [2.05, 4.69) is 46.1 Å². The van der Waals surface area contributed by atoms with Crippen molar-refractivity contribution < 1.29 is 4.79 Å². The molecular formula is C19H28N6O. The number of hydrogen-bond donors (Lipinski definition) is 0. The molecular weight excluding hydrogens is 328 g/mol. The lowest BCUT2D eigenvalue weighted by atomic mass is 10.2. The van der Waals surface area contributed by atoms with Crippen molar-refractivity contribution in [2.24, 2.45) is 7.05 Å². The Labute approximate surface area is 155 Å². The summed E-state index contributed by atoms with van der Waals surface area (Å²) < 4.78 is 1.77. The minimum atomic E-state index is 0.213. The van der Waals surface area contributed by atoms with Gasteiger partial charge in [-0.05, 0) is 31.8 Å². The number of carbonyl (C=O) groups is 1. The van der Waals surface area contributed by atoms with Gasteiger partial charge in [-0.2, -0.15) is 5.10 Å². The smallest absolute Gasteiger partial charge is 0.223 e. The molecule has 140 valence electrons. The van der Waals surface area contributed by atoms with Gasteiger partial charge in [0.2, 0.25) is 5.91 Å². The number of piperazine rings is 1. The summed E-state index contributed by atoms with van der Waals surface area (Å²) in [5.41, 5.74) is 2.18. The molecule has 1 saturated heterocycles. The van der Waals surface area contributed by atoms with Crippen molar-refractivity contribution in [1.82, 2.24) is 24.6 Å². The Morgan fingerprint density at radius 1 is 1.15 bits per heavy atom. The Kier molecular flexibility index (Phi) is 5.88. The van der Waals surface area contributed by atoms with Crippen LogP contribution in [0, 0.1) is 0 Å². The Hall–Kier alpha value is -2.41. The molecule has 2 aromatic heterocycles. The van der Waals surface area contributed by atoms with Gasteiger partial charge in [0.25, 0.3) is 0 Å². The molecule has 2 aromatic rings. The van der Waals surface area contributed by atoms with E-state index >= 15 is 0 Å². The first kappa shape index (κ1) is 18.4. The molecule has 0 N–H and O–H groups in total. The van der Waals surface area contributed by atoms with Gasteiger partial charge in [0.05, 0.1) is 5.69 Å². The van der Waals surface area contributed by atoms with Crippen LogP contribution in [0.2, 0.25) is 0 Å². The number of aromatic nitrogens is 3. The maximum atomic E-state index is 12.4. The van der Waals surface area contributed by atoms with Gasteiger partial charge in [-0.3, -0.25) is 9.48 Å². The highest BCUT2D eigenvalue weighted by Gasteiger charge is 2.21. The van der Waals surface area contributed by atoms with E-state index in [1.807, 2.05) is 30.4 Å². The van der Waals surface area contributed by atoms with Crippen LogP contribution in [0.1, 0.15) is 17.7 Å². The summed E-state index contributed by atoms with van der Waals surface area (Å²) in [6.45, 7) is 4.06. The summed E-state index contributed by atoms with van der Waals surface area (Å²) in [7, 11) is 6.00. The van der Waals surface area contributed by atoms with Crippen LogP contribution in [0.3, 0.4) is 0 Å². The van der Waals surface area contributed by atoms with Crippen molar-refractivity contribution in [3.8, 4) is 0 Å². The first-order valence-corrected chi connectivity index (χ1v) is 9.12. The summed E-state index contributed by atoms with van der Waals surface area (Å²) in [5.74, 6) is 1.21. The lowest BCUT2D eigenvalue weighted by molar-refractivity contribution is -0.131. The van der Waals surface area contributed by atoms with Crippen molar-refractivity contribution in [3.63, 3.8) is 0 Å². The number of aryl methyl sites for hydroxylation is 2. The molecule has 0 saturated carbocycles. The van der Waals surface area contributed by atoms with Crippen molar-refractivity contribution >= 4 is 11.7 Å². The summed E-state index contributed by atoms with van der Waals surface area (Å²) in [6, 6.07) is 6.18. The van der Waals surface area contributed by atoms with Crippen molar-refractivity contribution in [2.45, 2.75) is 19.4 Å². The normalized spacial score (nSPS) is 14.9. The van der Waals surface area contributed by atoms with Crippen LogP contribution in [-0.4, -0.2) is 70.7 Å². The lowest BCUT2D eigenvalue weighted by Gasteiger charge is -2.35. The van der Waals surface area contributed by atoms with E-state index in [1.54, 1.807) is 4.68 Å². The molecule has 1 aliphatic rings. The Morgan fingerprint density at radius 3 is 2.50 bits per heavy atom. The monoisotopic (exact) mass is 356 g/mol. The number of pyridine rings is 1. The molecule has 1 fully saturated rings. The molecule has 7 nitrogen and oxygen atoms in total. The average Bonchev–Trinajstić information content (AvgIpc) is 3.05. The van der Waals surface area contributed by atoms with E-state index in [-0.39, 0.29) is 5.91 Å². The van der Waals surface area contributed by atoms with E-state index in [4.69, 9.17) is 0 Å². The molecule has 7 heteroatoms. The maximum absolute atomic E-state index is 12.4.